The molecular formula is C16H28N2O. The first kappa shape index (κ1) is 14.6. The summed E-state index contributed by atoms with van der Waals surface area (Å²) >= 11 is 0. The van der Waals surface area contributed by atoms with Crippen LogP contribution in [0.2, 0.25) is 0 Å². The molecule has 0 saturated carbocycles. The van der Waals surface area contributed by atoms with Crippen LogP contribution in [-0.2, 0) is 6.42 Å². The van der Waals surface area contributed by atoms with Gasteiger partial charge in [0, 0.05) is 25.0 Å². The number of nitrogens with one attached hydrogen (secondary N) is 1. The molecule has 1 fully saturated rings. The van der Waals surface area contributed by atoms with E-state index in [0.29, 0.717) is 12.1 Å². The Morgan fingerprint density at radius 3 is 2.95 bits per heavy atom. The van der Waals surface area contributed by atoms with Gasteiger partial charge in [0.2, 0.25) is 0 Å². The van der Waals surface area contributed by atoms with E-state index in [0.717, 1.165) is 24.6 Å². The molecule has 2 rings (SSSR count). The third-order valence-electron chi connectivity index (χ3n) is 3.97. The summed E-state index contributed by atoms with van der Waals surface area (Å²) in [6.45, 7) is 10.5. The zero-order valence-electron chi connectivity index (χ0n) is 12.6. The standard InChI is InChI=1S/C16H28N2O/c1-13(2)10-15-12-18(8-5-7-17-15)14(3)11-16-6-4-9-19-16/h4,6,9,13-15,17H,5,7-8,10-12H2,1-3H3. The smallest absolute Gasteiger partial charge is 0.105 e. The molecule has 3 heteroatoms. The Morgan fingerprint density at radius 1 is 1.42 bits per heavy atom. The fourth-order valence-corrected chi connectivity index (χ4v) is 3.00. The summed E-state index contributed by atoms with van der Waals surface area (Å²) in [5.74, 6) is 1.86. The lowest BCUT2D eigenvalue weighted by Gasteiger charge is -2.30. The fourth-order valence-electron chi connectivity index (χ4n) is 3.00. The summed E-state index contributed by atoms with van der Waals surface area (Å²) in [6.07, 6.45) is 5.30. The van der Waals surface area contributed by atoms with Crippen molar-refractivity contribution >= 4 is 0 Å². The summed E-state index contributed by atoms with van der Waals surface area (Å²) in [6, 6.07) is 5.26. The second kappa shape index (κ2) is 7.11. The summed E-state index contributed by atoms with van der Waals surface area (Å²) in [4.78, 5) is 2.62. The van der Waals surface area contributed by atoms with Crippen molar-refractivity contribution in [2.75, 3.05) is 19.6 Å². The van der Waals surface area contributed by atoms with Crippen LogP contribution in [0, 0.1) is 5.92 Å². The lowest BCUT2D eigenvalue weighted by molar-refractivity contribution is 0.191. The summed E-state index contributed by atoms with van der Waals surface area (Å²) < 4.78 is 5.48. The van der Waals surface area contributed by atoms with Crippen LogP contribution in [0.15, 0.2) is 22.8 Å². The van der Waals surface area contributed by atoms with Crippen LogP contribution >= 0.6 is 0 Å². The van der Waals surface area contributed by atoms with Gasteiger partial charge in [0.25, 0.3) is 0 Å². The fraction of sp³-hybridized carbons (Fsp3) is 0.750. The number of rotatable bonds is 5. The first-order valence-corrected chi connectivity index (χ1v) is 7.65. The molecule has 0 bridgehead atoms. The van der Waals surface area contributed by atoms with Gasteiger partial charge in [-0.2, -0.15) is 0 Å². The van der Waals surface area contributed by atoms with Gasteiger partial charge in [-0.05, 0) is 50.9 Å². The van der Waals surface area contributed by atoms with E-state index >= 15 is 0 Å². The summed E-state index contributed by atoms with van der Waals surface area (Å²) in [5, 5.41) is 3.69. The molecule has 1 aromatic heterocycles. The lowest BCUT2D eigenvalue weighted by Crippen LogP contribution is -2.43. The van der Waals surface area contributed by atoms with Crippen molar-refractivity contribution in [3.8, 4) is 0 Å². The van der Waals surface area contributed by atoms with E-state index in [1.165, 1.54) is 25.9 Å². The molecule has 0 aromatic carbocycles. The average molecular weight is 264 g/mol. The van der Waals surface area contributed by atoms with E-state index in [9.17, 15) is 0 Å². The minimum absolute atomic E-state index is 0.556. The minimum Gasteiger partial charge on any atom is -0.469 e. The molecule has 0 spiro atoms. The normalized spacial score (nSPS) is 23.5. The second-order valence-electron chi connectivity index (χ2n) is 6.26. The van der Waals surface area contributed by atoms with Crippen LogP contribution in [-0.4, -0.2) is 36.6 Å². The van der Waals surface area contributed by atoms with Crippen molar-refractivity contribution in [2.24, 2.45) is 5.92 Å². The Kier molecular flexibility index (Phi) is 5.46. The Labute approximate surface area is 117 Å². The molecule has 1 saturated heterocycles. The molecule has 1 aliphatic heterocycles. The maximum atomic E-state index is 5.48. The van der Waals surface area contributed by atoms with Gasteiger partial charge in [0.1, 0.15) is 5.76 Å². The molecule has 0 amide bonds. The highest BCUT2D eigenvalue weighted by atomic mass is 16.3. The summed E-state index contributed by atoms with van der Waals surface area (Å²) in [5.41, 5.74) is 0. The van der Waals surface area contributed by atoms with Crippen molar-refractivity contribution in [1.29, 1.82) is 0 Å². The molecule has 1 N–H and O–H groups in total. The van der Waals surface area contributed by atoms with Gasteiger partial charge >= 0.3 is 0 Å². The van der Waals surface area contributed by atoms with Crippen LogP contribution in [0.3, 0.4) is 0 Å². The lowest BCUT2D eigenvalue weighted by atomic mass is 10.0. The summed E-state index contributed by atoms with van der Waals surface area (Å²) in [7, 11) is 0. The molecule has 2 atom stereocenters. The molecule has 2 heterocycles. The molecular weight excluding hydrogens is 236 g/mol. The monoisotopic (exact) mass is 264 g/mol. The highest BCUT2D eigenvalue weighted by molar-refractivity contribution is 5.00. The quantitative estimate of drug-likeness (QED) is 0.886. The molecule has 0 aliphatic carbocycles. The van der Waals surface area contributed by atoms with Crippen molar-refractivity contribution in [1.82, 2.24) is 10.2 Å². The number of hydrogen-bond acceptors (Lipinski definition) is 3. The number of hydrogen-bond donors (Lipinski definition) is 1. The van der Waals surface area contributed by atoms with E-state index in [1.807, 2.05) is 6.07 Å². The van der Waals surface area contributed by atoms with Crippen molar-refractivity contribution in [3.05, 3.63) is 24.2 Å². The zero-order chi connectivity index (χ0) is 13.7. The molecule has 3 nitrogen and oxygen atoms in total. The molecule has 1 aromatic rings. The number of nitrogens with zero attached hydrogens (tertiary/aromatic N) is 1. The maximum absolute atomic E-state index is 5.48. The molecule has 19 heavy (non-hydrogen) atoms. The van der Waals surface area contributed by atoms with Crippen LogP contribution < -0.4 is 5.32 Å². The van der Waals surface area contributed by atoms with E-state index in [2.05, 4.69) is 37.1 Å². The topological polar surface area (TPSA) is 28.4 Å². The van der Waals surface area contributed by atoms with Gasteiger partial charge in [-0.15, -0.1) is 0 Å². The average Bonchev–Trinajstić information content (AvgIpc) is 2.74. The van der Waals surface area contributed by atoms with Gasteiger partial charge in [0.15, 0.2) is 0 Å². The third kappa shape index (κ3) is 4.66. The van der Waals surface area contributed by atoms with Gasteiger partial charge < -0.3 is 9.73 Å². The predicted molar refractivity (Wildman–Crippen MR) is 79.3 cm³/mol. The SMILES string of the molecule is CC(C)CC1CN(C(C)Cc2ccco2)CCCN1. The molecule has 1 aliphatic rings. The van der Waals surface area contributed by atoms with Crippen molar-refractivity contribution in [3.63, 3.8) is 0 Å². The van der Waals surface area contributed by atoms with Crippen LogP contribution in [0.4, 0.5) is 0 Å². The highest BCUT2D eigenvalue weighted by Crippen LogP contribution is 2.15. The maximum Gasteiger partial charge on any atom is 0.105 e. The highest BCUT2D eigenvalue weighted by Gasteiger charge is 2.22. The molecule has 2 unspecified atom stereocenters. The van der Waals surface area contributed by atoms with Crippen molar-refractivity contribution < 1.29 is 4.42 Å². The molecule has 0 radical (unpaired) electrons. The van der Waals surface area contributed by atoms with E-state index in [4.69, 9.17) is 4.42 Å². The largest absolute Gasteiger partial charge is 0.469 e. The minimum atomic E-state index is 0.556. The molecule has 108 valence electrons. The first-order valence-electron chi connectivity index (χ1n) is 7.65. The van der Waals surface area contributed by atoms with Gasteiger partial charge in [-0.25, -0.2) is 0 Å². The Bertz CT molecular complexity index is 348. The van der Waals surface area contributed by atoms with Crippen LogP contribution in [0.1, 0.15) is 39.4 Å². The van der Waals surface area contributed by atoms with Gasteiger partial charge in [-0.3, -0.25) is 4.90 Å². The number of furan rings is 1. The Morgan fingerprint density at radius 2 is 2.26 bits per heavy atom. The van der Waals surface area contributed by atoms with Gasteiger partial charge in [0.05, 0.1) is 6.26 Å². The van der Waals surface area contributed by atoms with Gasteiger partial charge in [-0.1, -0.05) is 13.8 Å². The van der Waals surface area contributed by atoms with E-state index in [-0.39, 0.29) is 0 Å². The first-order chi connectivity index (χ1) is 9.15. The van der Waals surface area contributed by atoms with Crippen LogP contribution in [0.5, 0.6) is 0 Å². The predicted octanol–water partition coefficient (Wildman–Crippen LogP) is 2.92. The van der Waals surface area contributed by atoms with Crippen LogP contribution in [0.25, 0.3) is 0 Å². The Balaban J connectivity index is 1.89. The zero-order valence-corrected chi connectivity index (χ0v) is 12.6. The van der Waals surface area contributed by atoms with E-state index < -0.39 is 0 Å². The Hall–Kier alpha value is -0.800. The van der Waals surface area contributed by atoms with Crippen molar-refractivity contribution in [2.45, 2.75) is 52.1 Å². The second-order valence-corrected chi connectivity index (χ2v) is 6.26. The third-order valence-corrected chi connectivity index (χ3v) is 3.97. The van der Waals surface area contributed by atoms with E-state index in [1.54, 1.807) is 6.26 Å².